The van der Waals surface area contributed by atoms with Gasteiger partial charge in [0.1, 0.15) is 5.01 Å². The van der Waals surface area contributed by atoms with E-state index >= 15 is 0 Å². The second-order valence-electron chi connectivity index (χ2n) is 4.01. The van der Waals surface area contributed by atoms with Gasteiger partial charge in [0, 0.05) is 5.57 Å². The molecule has 0 aromatic carbocycles. The average Bonchev–Trinajstić information content (AvgIpc) is 2.76. The number of carbonyl (C=O) groups excluding carboxylic acids is 1. The highest BCUT2D eigenvalue weighted by molar-refractivity contribution is 9.10. The third kappa shape index (κ3) is 2.87. The molecule has 1 aliphatic carbocycles. The summed E-state index contributed by atoms with van der Waals surface area (Å²) < 4.78 is 9.72. The van der Waals surface area contributed by atoms with Gasteiger partial charge in [0.2, 0.25) is 4.73 Å². The third-order valence-electron chi connectivity index (χ3n) is 2.71. The molecule has 1 unspecified atom stereocenters. The van der Waals surface area contributed by atoms with E-state index in [2.05, 4.69) is 32.2 Å². The molecule has 1 aliphatic rings. The van der Waals surface area contributed by atoms with Crippen LogP contribution in [0.25, 0.3) is 5.57 Å². The summed E-state index contributed by atoms with van der Waals surface area (Å²) in [4.78, 5) is 15.9. The minimum absolute atomic E-state index is 0.224. The average molecular weight is 329 g/mol. The maximum atomic E-state index is 11.6. The Morgan fingerprint density at radius 2 is 2.39 bits per heavy atom. The molecule has 0 fully saturated rings. The van der Waals surface area contributed by atoms with E-state index in [1.54, 1.807) is 0 Å². The predicted octanol–water partition coefficient (Wildman–Crippen LogP) is 3.21. The molecular formula is C12H13BrN2O2S. The fourth-order valence-corrected chi connectivity index (χ4v) is 3.06. The first kappa shape index (κ1) is 13.4. The van der Waals surface area contributed by atoms with Crippen LogP contribution in [0.3, 0.4) is 0 Å². The van der Waals surface area contributed by atoms with Crippen LogP contribution in [0.4, 0.5) is 0 Å². The molecule has 1 atom stereocenters. The molecule has 0 amide bonds. The van der Waals surface area contributed by atoms with Crippen molar-refractivity contribution in [2.75, 3.05) is 6.61 Å². The van der Waals surface area contributed by atoms with Gasteiger partial charge in [-0.05, 0) is 52.3 Å². The lowest BCUT2D eigenvalue weighted by molar-refractivity contribution is -0.138. The van der Waals surface area contributed by atoms with Crippen LogP contribution in [0.1, 0.15) is 25.3 Å². The second kappa shape index (κ2) is 5.75. The first-order valence-electron chi connectivity index (χ1n) is 5.69. The van der Waals surface area contributed by atoms with E-state index in [9.17, 15) is 4.79 Å². The Labute approximate surface area is 118 Å². The molecule has 1 aromatic rings. The molecule has 2 rings (SSSR count). The van der Waals surface area contributed by atoms with Gasteiger partial charge in [-0.3, -0.25) is 0 Å². The van der Waals surface area contributed by atoms with Gasteiger partial charge in [-0.1, -0.05) is 19.1 Å². The molecule has 0 bridgehead atoms. The molecular weight excluding hydrogens is 316 g/mol. The Balaban J connectivity index is 2.22. The summed E-state index contributed by atoms with van der Waals surface area (Å²) in [5.74, 6) is 0.0207. The van der Waals surface area contributed by atoms with E-state index in [1.165, 1.54) is 11.5 Å². The SMILES string of the molecule is CCOC(=O)C1=CC=C(c2nc(Br)ns2)C(C)C1. The van der Waals surface area contributed by atoms with Crippen molar-refractivity contribution in [3.8, 4) is 0 Å². The number of aromatic nitrogens is 2. The van der Waals surface area contributed by atoms with Gasteiger partial charge in [-0.15, -0.1) is 0 Å². The maximum absolute atomic E-state index is 11.6. The van der Waals surface area contributed by atoms with E-state index in [0.717, 1.165) is 16.2 Å². The molecule has 6 heteroatoms. The number of hydrogen-bond acceptors (Lipinski definition) is 5. The Bertz CT molecular complexity index is 522. The van der Waals surface area contributed by atoms with Crippen molar-refractivity contribution in [1.82, 2.24) is 9.36 Å². The van der Waals surface area contributed by atoms with E-state index in [0.29, 0.717) is 17.8 Å². The van der Waals surface area contributed by atoms with Crippen molar-refractivity contribution in [2.45, 2.75) is 20.3 Å². The first-order chi connectivity index (χ1) is 8.61. The van der Waals surface area contributed by atoms with Crippen LogP contribution in [-0.4, -0.2) is 21.9 Å². The molecule has 0 spiro atoms. The van der Waals surface area contributed by atoms with Gasteiger partial charge < -0.3 is 4.74 Å². The van der Waals surface area contributed by atoms with Crippen LogP contribution >= 0.6 is 27.5 Å². The van der Waals surface area contributed by atoms with Crippen LogP contribution in [0.5, 0.6) is 0 Å². The van der Waals surface area contributed by atoms with Crippen molar-refractivity contribution in [1.29, 1.82) is 0 Å². The summed E-state index contributed by atoms with van der Waals surface area (Å²) in [5.41, 5.74) is 1.84. The quantitative estimate of drug-likeness (QED) is 0.799. The van der Waals surface area contributed by atoms with Gasteiger partial charge in [0.15, 0.2) is 0 Å². The topological polar surface area (TPSA) is 52.1 Å². The lowest BCUT2D eigenvalue weighted by Crippen LogP contribution is -2.14. The van der Waals surface area contributed by atoms with E-state index < -0.39 is 0 Å². The van der Waals surface area contributed by atoms with Gasteiger partial charge in [0.25, 0.3) is 0 Å². The van der Waals surface area contributed by atoms with E-state index in [1.807, 2.05) is 19.1 Å². The van der Waals surface area contributed by atoms with Crippen molar-refractivity contribution in [2.24, 2.45) is 5.92 Å². The van der Waals surface area contributed by atoms with Gasteiger partial charge in [0.05, 0.1) is 6.61 Å². The standard InChI is InChI=1S/C12H13BrN2O2S/c1-3-17-11(16)8-4-5-9(7(2)6-8)10-14-12(13)15-18-10/h4-5,7H,3,6H2,1-2H3. The molecule has 4 nitrogen and oxygen atoms in total. The number of esters is 1. The fraction of sp³-hybridized carbons (Fsp3) is 0.417. The van der Waals surface area contributed by atoms with Crippen molar-refractivity contribution < 1.29 is 9.53 Å². The maximum Gasteiger partial charge on any atom is 0.334 e. The molecule has 18 heavy (non-hydrogen) atoms. The summed E-state index contributed by atoms with van der Waals surface area (Å²) in [6.45, 7) is 4.29. The number of allylic oxidation sites excluding steroid dienone is 3. The molecule has 1 aromatic heterocycles. The largest absolute Gasteiger partial charge is 0.463 e. The fourth-order valence-electron chi connectivity index (χ4n) is 1.84. The van der Waals surface area contributed by atoms with E-state index in [4.69, 9.17) is 4.74 Å². The van der Waals surface area contributed by atoms with Crippen LogP contribution in [-0.2, 0) is 9.53 Å². The summed E-state index contributed by atoms with van der Waals surface area (Å²) in [6.07, 6.45) is 4.44. The number of nitrogens with zero attached hydrogens (tertiary/aromatic N) is 2. The highest BCUT2D eigenvalue weighted by Gasteiger charge is 2.23. The van der Waals surface area contributed by atoms with Crippen molar-refractivity contribution >= 4 is 39.0 Å². The van der Waals surface area contributed by atoms with Gasteiger partial charge in [-0.2, -0.15) is 4.37 Å². The zero-order valence-corrected chi connectivity index (χ0v) is 12.5. The molecule has 0 N–H and O–H groups in total. The van der Waals surface area contributed by atoms with Crippen LogP contribution in [0, 0.1) is 5.92 Å². The van der Waals surface area contributed by atoms with Gasteiger partial charge >= 0.3 is 5.97 Å². The smallest absolute Gasteiger partial charge is 0.334 e. The summed E-state index contributed by atoms with van der Waals surface area (Å²) in [7, 11) is 0. The minimum atomic E-state index is -0.224. The highest BCUT2D eigenvalue weighted by atomic mass is 79.9. The molecule has 0 aliphatic heterocycles. The molecule has 96 valence electrons. The Kier molecular flexibility index (Phi) is 4.29. The minimum Gasteiger partial charge on any atom is -0.463 e. The number of carbonyl (C=O) groups is 1. The lowest BCUT2D eigenvalue weighted by atomic mass is 9.89. The highest BCUT2D eigenvalue weighted by Crippen LogP contribution is 2.33. The van der Waals surface area contributed by atoms with Gasteiger partial charge in [-0.25, -0.2) is 9.78 Å². The number of rotatable bonds is 3. The first-order valence-corrected chi connectivity index (χ1v) is 7.26. The third-order valence-corrected chi connectivity index (χ3v) is 4.06. The summed E-state index contributed by atoms with van der Waals surface area (Å²) in [5, 5.41) is 0.897. The van der Waals surface area contributed by atoms with Crippen molar-refractivity contribution in [3.63, 3.8) is 0 Å². The van der Waals surface area contributed by atoms with Crippen molar-refractivity contribution in [3.05, 3.63) is 27.5 Å². The number of halogens is 1. The zero-order chi connectivity index (χ0) is 13.1. The zero-order valence-electron chi connectivity index (χ0n) is 10.1. The molecule has 0 saturated carbocycles. The molecule has 1 heterocycles. The summed E-state index contributed by atoms with van der Waals surface area (Å²) >= 11 is 4.60. The number of hydrogen-bond donors (Lipinski definition) is 0. The van der Waals surface area contributed by atoms with Crippen LogP contribution < -0.4 is 0 Å². The Hall–Kier alpha value is -1.01. The van der Waals surface area contributed by atoms with Crippen LogP contribution in [0.15, 0.2) is 22.5 Å². The van der Waals surface area contributed by atoms with Crippen LogP contribution in [0.2, 0.25) is 0 Å². The normalized spacial score (nSPS) is 19.2. The monoisotopic (exact) mass is 328 g/mol. The lowest BCUT2D eigenvalue weighted by Gasteiger charge is -2.18. The second-order valence-corrected chi connectivity index (χ2v) is 5.47. The Morgan fingerprint density at radius 3 is 2.94 bits per heavy atom. The predicted molar refractivity (Wildman–Crippen MR) is 74.1 cm³/mol. The molecule has 0 radical (unpaired) electrons. The summed E-state index contributed by atoms with van der Waals surface area (Å²) in [6, 6.07) is 0. The Morgan fingerprint density at radius 1 is 1.61 bits per heavy atom. The van der Waals surface area contributed by atoms with E-state index in [-0.39, 0.29) is 11.9 Å². The number of ether oxygens (including phenoxy) is 1. The molecule has 0 saturated heterocycles.